The molecule has 1 heterocycles. The Labute approximate surface area is 123 Å². The molecule has 7 rings (SSSR count). The van der Waals surface area contributed by atoms with Crippen molar-refractivity contribution in [3.05, 3.63) is 71.3 Å². The van der Waals surface area contributed by atoms with E-state index in [4.69, 9.17) is 0 Å². The lowest BCUT2D eigenvalue weighted by atomic mass is 9.81. The smallest absolute Gasteiger partial charge is 0.257 e. The van der Waals surface area contributed by atoms with E-state index in [2.05, 4.69) is 24.8 Å². The molecule has 1 aromatic carbocycles. The van der Waals surface area contributed by atoms with Gasteiger partial charge in [0.25, 0.3) is 5.91 Å². The van der Waals surface area contributed by atoms with Gasteiger partial charge in [-0.15, -0.1) is 0 Å². The summed E-state index contributed by atoms with van der Waals surface area (Å²) in [6, 6.07) is 8.22. The summed E-state index contributed by atoms with van der Waals surface area (Å²) >= 11 is 0. The van der Waals surface area contributed by atoms with Crippen LogP contribution in [0, 0.1) is 0 Å². The van der Waals surface area contributed by atoms with E-state index in [0.29, 0.717) is 12.0 Å². The number of hydrogen-bond donors (Lipinski definition) is 0. The van der Waals surface area contributed by atoms with Crippen molar-refractivity contribution >= 4 is 11.8 Å². The largest absolute Gasteiger partial charge is 0.274 e. The second kappa shape index (κ2) is 4.04. The van der Waals surface area contributed by atoms with Gasteiger partial charge < -0.3 is 0 Å². The summed E-state index contributed by atoms with van der Waals surface area (Å²) in [5.41, 5.74) is 3.15. The molecule has 0 N–H and O–H groups in total. The number of likely N-dealkylation sites (tertiary alicyclic amines) is 1. The van der Waals surface area contributed by atoms with Gasteiger partial charge >= 0.3 is 0 Å². The van der Waals surface area contributed by atoms with Gasteiger partial charge in [-0.1, -0.05) is 49.1 Å². The maximum atomic E-state index is 12.4. The van der Waals surface area contributed by atoms with Gasteiger partial charge in [-0.2, -0.15) is 0 Å². The van der Waals surface area contributed by atoms with Crippen LogP contribution in [0.1, 0.15) is 24.0 Å². The second-order valence-corrected chi connectivity index (χ2v) is 5.93. The zero-order chi connectivity index (χ0) is 14.6. The third-order valence-corrected chi connectivity index (χ3v) is 4.63. The summed E-state index contributed by atoms with van der Waals surface area (Å²) < 4.78 is 0. The van der Waals surface area contributed by atoms with Crippen LogP contribution < -0.4 is 0 Å². The normalized spacial score (nSPS) is 27.0. The van der Waals surface area contributed by atoms with Gasteiger partial charge in [-0.05, 0) is 29.5 Å². The fourth-order valence-corrected chi connectivity index (χ4v) is 3.47. The molecule has 1 aromatic rings. The Hall–Kier alpha value is -2.42. The molecule has 3 heteroatoms. The Kier molecular flexibility index (Phi) is 2.37. The molecule has 0 spiro atoms. The fraction of sp³-hybridized carbons (Fsp3) is 0.222. The highest BCUT2D eigenvalue weighted by Gasteiger charge is 2.47. The molecule has 4 bridgehead atoms. The van der Waals surface area contributed by atoms with Gasteiger partial charge in [-0.25, -0.2) is 0 Å². The molecule has 0 aromatic heterocycles. The third-order valence-electron chi connectivity index (χ3n) is 4.63. The van der Waals surface area contributed by atoms with Crippen molar-refractivity contribution in [3.8, 4) is 0 Å². The van der Waals surface area contributed by atoms with E-state index < -0.39 is 5.54 Å². The number of amides is 2. The van der Waals surface area contributed by atoms with E-state index in [1.165, 1.54) is 16.0 Å². The van der Waals surface area contributed by atoms with Crippen molar-refractivity contribution in [1.82, 2.24) is 4.90 Å². The maximum Gasteiger partial charge on any atom is 0.257 e. The molecular formula is C18H15NO2. The quantitative estimate of drug-likeness (QED) is 0.584. The summed E-state index contributed by atoms with van der Waals surface area (Å²) in [5.74, 6) is -0.403. The molecule has 1 saturated heterocycles. The second-order valence-electron chi connectivity index (χ2n) is 5.93. The highest BCUT2D eigenvalue weighted by Crippen LogP contribution is 2.42. The average Bonchev–Trinajstić information content (AvgIpc) is 2.85. The van der Waals surface area contributed by atoms with Crippen molar-refractivity contribution in [1.29, 1.82) is 0 Å². The molecule has 3 nitrogen and oxygen atoms in total. The lowest BCUT2D eigenvalue weighted by Crippen LogP contribution is -2.48. The lowest BCUT2D eigenvalue weighted by Gasteiger charge is -2.39. The summed E-state index contributed by atoms with van der Waals surface area (Å²) in [6.07, 6.45) is 7.85. The van der Waals surface area contributed by atoms with Crippen LogP contribution in [0.5, 0.6) is 0 Å². The fourth-order valence-electron chi connectivity index (χ4n) is 3.47. The molecular weight excluding hydrogens is 262 g/mol. The average molecular weight is 277 g/mol. The van der Waals surface area contributed by atoms with Gasteiger partial charge in [0.05, 0.1) is 12.0 Å². The number of imide groups is 1. The first-order chi connectivity index (χ1) is 10.1. The van der Waals surface area contributed by atoms with E-state index in [0.717, 1.165) is 12.0 Å². The van der Waals surface area contributed by atoms with Crippen LogP contribution in [0.25, 0.3) is 0 Å². The zero-order valence-corrected chi connectivity index (χ0v) is 11.6. The zero-order valence-electron chi connectivity index (χ0n) is 11.6. The lowest BCUT2D eigenvalue weighted by molar-refractivity contribution is -0.143. The van der Waals surface area contributed by atoms with E-state index >= 15 is 0 Å². The SMILES string of the molecule is C=C1CC(=O)N(C23C=CC(=CC2)Cc2ccc3cc2)C1=O. The molecule has 6 aliphatic rings. The molecule has 104 valence electrons. The van der Waals surface area contributed by atoms with E-state index in [-0.39, 0.29) is 18.2 Å². The Bertz CT molecular complexity index is 739. The number of carbonyl (C=O) groups is 2. The first-order valence-electron chi connectivity index (χ1n) is 7.13. The van der Waals surface area contributed by atoms with Crippen LogP contribution in [0.4, 0.5) is 0 Å². The van der Waals surface area contributed by atoms with Crippen LogP contribution in [0.15, 0.2) is 60.2 Å². The molecule has 21 heavy (non-hydrogen) atoms. The standard InChI is InChI=1S/C18H15NO2/c1-12-10-16(20)19(17(12)21)18-8-6-14(7-9-18)11-13-2-4-15(18)5-3-13/h2-8H,1,9-11H2. The summed E-state index contributed by atoms with van der Waals surface area (Å²) in [5, 5.41) is 0. The molecule has 0 saturated carbocycles. The number of carbonyl (C=O) groups excluding carboxylic acids is 2. The Morgan fingerprint density at radius 2 is 1.86 bits per heavy atom. The highest BCUT2D eigenvalue weighted by molar-refractivity contribution is 6.13. The van der Waals surface area contributed by atoms with E-state index in [1.54, 1.807) is 0 Å². The minimum absolute atomic E-state index is 0.128. The molecule has 5 aliphatic carbocycles. The van der Waals surface area contributed by atoms with Crippen LogP contribution >= 0.6 is 0 Å². The summed E-state index contributed by atoms with van der Waals surface area (Å²) in [4.78, 5) is 26.2. The van der Waals surface area contributed by atoms with E-state index in [1.807, 2.05) is 24.3 Å². The van der Waals surface area contributed by atoms with Gasteiger partial charge in [0.1, 0.15) is 0 Å². The summed E-state index contributed by atoms with van der Waals surface area (Å²) in [7, 11) is 0. The minimum Gasteiger partial charge on any atom is -0.274 e. The van der Waals surface area contributed by atoms with Gasteiger partial charge in [-0.3, -0.25) is 14.5 Å². The maximum absolute atomic E-state index is 12.4. The first kappa shape index (κ1) is 12.3. The number of allylic oxidation sites excluding steroid dienone is 2. The van der Waals surface area contributed by atoms with Crippen molar-refractivity contribution in [3.63, 3.8) is 0 Å². The van der Waals surface area contributed by atoms with Crippen LogP contribution in [0.2, 0.25) is 0 Å². The number of rotatable bonds is 1. The summed E-state index contributed by atoms with van der Waals surface area (Å²) in [6.45, 7) is 3.73. The van der Waals surface area contributed by atoms with Crippen LogP contribution in [-0.4, -0.2) is 16.7 Å². The van der Waals surface area contributed by atoms with Gasteiger partial charge in [0, 0.05) is 5.57 Å². The van der Waals surface area contributed by atoms with Crippen molar-refractivity contribution < 1.29 is 9.59 Å². The molecule has 1 fully saturated rings. The van der Waals surface area contributed by atoms with E-state index in [9.17, 15) is 9.59 Å². The van der Waals surface area contributed by atoms with Crippen LogP contribution in [-0.2, 0) is 21.5 Å². The highest BCUT2D eigenvalue weighted by atomic mass is 16.2. The molecule has 1 unspecified atom stereocenters. The molecule has 0 radical (unpaired) electrons. The Morgan fingerprint density at radius 3 is 2.43 bits per heavy atom. The number of benzene rings is 1. The van der Waals surface area contributed by atoms with Crippen molar-refractivity contribution in [2.75, 3.05) is 0 Å². The predicted octanol–water partition coefficient (Wildman–Crippen LogP) is 2.64. The Balaban J connectivity index is 1.94. The number of nitrogens with zero attached hydrogens (tertiary/aromatic N) is 1. The van der Waals surface area contributed by atoms with Crippen molar-refractivity contribution in [2.24, 2.45) is 0 Å². The van der Waals surface area contributed by atoms with Crippen molar-refractivity contribution in [2.45, 2.75) is 24.8 Å². The first-order valence-corrected chi connectivity index (χ1v) is 7.13. The minimum atomic E-state index is -0.694. The third kappa shape index (κ3) is 1.60. The van der Waals surface area contributed by atoms with Gasteiger partial charge in [0.2, 0.25) is 5.91 Å². The molecule has 1 aliphatic heterocycles. The molecule has 1 atom stereocenters. The molecule has 2 amide bonds. The monoisotopic (exact) mass is 277 g/mol. The van der Waals surface area contributed by atoms with Crippen LogP contribution in [0.3, 0.4) is 0 Å². The topological polar surface area (TPSA) is 37.4 Å². The number of hydrogen-bond acceptors (Lipinski definition) is 2. The Morgan fingerprint density at radius 1 is 1.10 bits per heavy atom. The predicted molar refractivity (Wildman–Crippen MR) is 79.3 cm³/mol. The van der Waals surface area contributed by atoms with Gasteiger partial charge in [0.15, 0.2) is 0 Å².